The Kier molecular flexibility index (Phi) is 8.90. The molecule has 0 spiro atoms. The Morgan fingerprint density at radius 3 is 2.55 bits per heavy atom. The molecule has 9 nitrogen and oxygen atoms in total. The van der Waals surface area contributed by atoms with Gasteiger partial charge in [-0.1, -0.05) is 24.1 Å². The van der Waals surface area contributed by atoms with Crippen molar-refractivity contribution in [1.82, 2.24) is 24.8 Å². The van der Waals surface area contributed by atoms with Crippen LogP contribution in [0.5, 0.6) is 11.8 Å². The number of halogens is 3. The fourth-order valence-corrected chi connectivity index (χ4v) is 8.15. The zero-order valence-electron chi connectivity index (χ0n) is 29.3. The molecule has 1 N–H and O–H groups in total. The Hall–Kier alpha value is -5.67. The predicted molar refractivity (Wildman–Crippen MR) is 197 cm³/mol. The summed E-state index contributed by atoms with van der Waals surface area (Å²) >= 11 is 0. The highest BCUT2D eigenvalue weighted by Crippen LogP contribution is 2.41. The number of carbonyl (C=O) groups excluding carboxylic acids is 1. The van der Waals surface area contributed by atoms with Gasteiger partial charge in [0.25, 0.3) is 5.91 Å². The summed E-state index contributed by atoms with van der Waals surface area (Å²) < 4.78 is 53.5. The molecule has 12 heteroatoms. The number of hydrogen-bond acceptors (Lipinski definition) is 8. The van der Waals surface area contributed by atoms with Gasteiger partial charge >= 0.3 is 6.01 Å². The minimum absolute atomic E-state index is 0.00883. The molecule has 8 rings (SSSR count). The van der Waals surface area contributed by atoms with Gasteiger partial charge in [0.15, 0.2) is 11.6 Å². The molecule has 53 heavy (non-hydrogen) atoms. The molecule has 1 amide bonds. The number of aromatic hydroxyl groups is 1. The lowest BCUT2D eigenvalue weighted by Gasteiger charge is -2.41. The molecule has 0 radical (unpaired) electrons. The monoisotopic (exact) mass is 718 g/mol. The van der Waals surface area contributed by atoms with Gasteiger partial charge in [-0.25, -0.2) is 13.2 Å². The van der Waals surface area contributed by atoms with Crippen LogP contribution in [0.1, 0.15) is 42.6 Å². The summed E-state index contributed by atoms with van der Waals surface area (Å²) in [5.41, 5.74) is 1.28. The standard InChI is InChI=1S/C41H37F3N6O3/c1-4-30-34(42)15-10-24-17-29(51)19-33(36(24)30)31-13-14-32-38(37(31)44)46-41(53-22-28-9-6-16-48(28)3)47-39(32)49-20-26-11-12-27(21-49)50(26)40(52)35(43)18-25-8-5-7-23(2)45-25/h1,5,7-8,10,13-15,17-19,26-28,51H,6,9,11-12,16,20-22H2,2-3H3/b35-18-/t26-,27+,28-/m0/s1. The van der Waals surface area contributed by atoms with Gasteiger partial charge in [-0.2, -0.15) is 9.97 Å². The molecule has 2 aromatic heterocycles. The number of aromatic nitrogens is 3. The Balaban J connectivity index is 1.19. The van der Waals surface area contributed by atoms with Gasteiger partial charge < -0.3 is 24.5 Å². The van der Waals surface area contributed by atoms with Crippen molar-refractivity contribution in [2.75, 3.05) is 38.2 Å². The molecule has 270 valence electrons. The number of fused-ring (bicyclic) bond motifs is 4. The molecule has 3 aliphatic rings. The number of terminal acetylenes is 1. The first-order valence-corrected chi connectivity index (χ1v) is 17.7. The molecular weight excluding hydrogens is 681 g/mol. The first-order chi connectivity index (χ1) is 25.6. The number of likely N-dealkylation sites (N-methyl/N-ethyl adjacent to an activating group) is 1. The largest absolute Gasteiger partial charge is 0.508 e. The second-order valence-electron chi connectivity index (χ2n) is 14.1. The molecule has 5 aromatic rings. The quantitative estimate of drug-likeness (QED) is 0.146. The van der Waals surface area contributed by atoms with Crippen molar-refractivity contribution in [2.45, 2.75) is 50.7 Å². The molecule has 3 aromatic carbocycles. The molecule has 3 fully saturated rings. The molecular formula is C41H37F3N6O3. The highest BCUT2D eigenvalue weighted by atomic mass is 19.1. The Labute approximate surface area is 304 Å². The van der Waals surface area contributed by atoms with Gasteiger partial charge in [0.05, 0.1) is 23.3 Å². The predicted octanol–water partition coefficient (Wildman–Crippen LogP) is 6.78. The summed E-state index contributed by atoms with van der Waals surface area (Å²) in [7, 11) is 2.03. The topological polar surface area (TPSA) is 94.9 Å². The van der Waals surface area contributed by atoms with Gasteiger partial charge in [-0.15, -0.1) is 6.42 Å². The van der Waals surface area contributed by atoms with E-state index in [0.29, 0.717) is 60.5 Å². The minimum atomic E-state index is -0.879. The van der Waals surface area contributed by atoms with E-state index < -0.39 is 23.4 Å². The second kappa shape index (κ2) is 13.7. The third-order valence-corrected chi connectivity index (χ3v) is 10.7. The van der Waals surface area contributed by atoms with Crippen LogP contribution >= 0.6 is 0 Å². The first kappa shape index (κ1) is 34.4. The molecule has 3 saturated heterocycles. The van der Waals surface area contributed by atoms with Crippen molar-refractivity contribution in [3.8, 4) is 35.2 Å². The molecule has 0 aliphatic carbocycles. The molecule has 3 aliphatic heterocycles. The van der Waals surface area contributed by atoms with E-state index in [1.165, 1.54) is 30.3 Å². The van der Waals surface area contributed by atoms with Crippen molar-refractivity contribution in [3.63, 3.8) is 0 Å². The Morgan fingerprint density at radius 2 is 1.83 bits per heavy atom. The van der Waals surface area contributed by atoms with Crippen LogP contribution in [0.3, 0.4) is 0 Å². The SMILES string of the molecule is C#Cc1c(F)ccc2cc(O)cc(-c3ccc4c(N5C[C@H]6CC[C@@H](C5)N6C(=O)/C(F)=C/c5cccc(C)n5)nc(OC[C@@H]5CCCN5C)nc4c3F)c12. The number of hydrogen-bond donors (Lipinski definition) is 1. The van der Waals surface area contributed by atoms with E-state index in [0.717, 1.165) is 19.4 Å². The lowest BCUT2D eigenvalue weighted by Crippen LogP contribution is -2.56. The number of likely N-dealkylation sites (tertiary alicyclic amines) is 1. The van der Waals surface area contributed by atoms with E-state index in [2.05, 4.69) is 20.8 Å². The fourth-order valence-electron chi connectivity index (χ4n) is 8.15. The van der Waals surface area contributed by atoms with E-state index in [1.807, 2.05) is 11.9 Å². The van der Waals surface area contributed by atoms with Crippen LogP contribution in [0.15, 0.2) is 60.4 Å². The number of piperazine rings is 1. The number of benzene rings is 3. The molecule has 0 unspecified atom stereocenters. The number of phenols is 1. The molecule has 0 saturated carbocycles. The van der Waals surface area contributed by atoms with Crippen LogP contribution < -0.4 is 9.64 Å². The number of phenolic OH excluding ortho intramolecular Hbond substituents is 1. The van der Waals surface area contributed by atoms with Crippen molar-refractivity contribution >= 4 is 39.5 Å². The lowest BCUT2D eigenvalue weighted by molar-refractivity contribution is -0.131. The summed E-state index contributed by atoms with van der Waals surface area (Å²) in [6, 6.07) is 13.5. The summed E-state index contributed by atoms with van der Waals surface area (Å²) in [5.74, 6) is -0.252. The van der Waals surface area contributed by atoms with E-state index in [4.69, 9.17) is 16.1 Å². The Morgan fingerprint density at radius 1 is 1.04 bits per heavy atom. The third-order valence-electron chi connectivity index (χ3n) is 10.7. The number of anilines is 1. The van der Waals surface area contributed by atoms with Crippen molar-refractivity contribution in [3.05, 3.63) is 89.0 Å². The molecule has 2 bridgehead atoms. The van der Waals surface area contributed by atoms with Gasteiger partial charge in [-0.05, 0) is 93.5 Å². The number of pyridine rings is 1. The maximum atomic E-state index is 17.0. The van der Waals surface area contributed by atoms with Crippen LogP contribution in [-0.4, -0.2) is 87.2 Å². The number of nitrogens with zero attached hydrogens (tertiary/aromatic N) is 6. The average molecular weight is 719 g/mol. The highest BCUT2D eigenvalue weighted by molar-refractivity contribution is 6.04. The summed E-state index contributed by atoms with van der Waals surface area (Å²) in [5, 5.41) is 11.8. The minimum Gasteiger partial charge on any atom is -0.508 e. The first-order valence-electron chi connectivity index (χ1n) is 17.7. The van der Waals surface area contributed by atoms with Crippen LogP contribution in [0, 0.1) is 30.9 Å². The van der Waals surface area contributed by atoms with Crippen molar-refractivity contribution in [2.24, 2.45) is 0 Å². The number of amides is 1. The number of aryl methyl sites for hydroxylation is 1. The third kappa shape index (κ3) is 6.29. The normalized spacial score (nSPS) is 20.4. The van der Waals surface area contributed by atoms with E-state index in [-0.39, 0.29) is 57.5 Å². The summed E-state index contributed by atoms with van der Waals surface area (Å²) in [6.45, 7) is 3.71. The maximum Gasteiger partial charge on any atom is 0.319 e. The van der Waals surface area contributed by atoms with E-state index in [1.54, 1.807) is 42.2 Å². The van der Waals surface area contributed by atoms with Gasteiger partial charge in [0.2, 0.25) is 0 Å². The molecule has 3 atom stereocenters. The van der Waals surface area contributed by atoms with Crippen molar-refractivity contribution in [1.29, 1.82) is 0 Å². The summed E-state index contributed by atoms with van der Waals surface area (Å²) in [6.07, 6.45) is 10.2. The number of carbonyl (C=O) groups is 1. The fraction of sp³-hybridized carbons (Fsp3) is 0.317. The number of ether oxygens (including phenoxy) is 1. The Bertz CT molecular complexity index is 2350. The van der Waals surface area contributed by atoms with Crippen LogP contribution in [0.2, 0.25) is 0 Å². The molecule has 5 heterocycles. The zero-order valence-corrected chi connectivity index (χ0v) is 29.3. The zero-order chi connectivity index (χ0) is 37.0. The number of rotatable bonds is 7. The van der Waals surface area contributed by atoms with Crippen LogP contribution in [-0.2, 0) is 4.79 Å². The van der Waals surface area contributed by atoms with Gasteiger partial charge in [0, 0.05) is 47.2 Å². The van der Waals surface area contributed by atoms with Gasteiger partial charge in [-0.3, -0.25) is 9.78 Å². The lowest BCUT2D eigenvalue weighted by atomic mass is 9.93. The van der Waals surface area contributed by atoms with Crippen LogP contribution in [0.25, 0.3) is 38.9 Å². The van der Waals surface area contributed by atoms with E-state index >= 15 is 8.78 Å². The highest BCUT2D eigenvalue weighted by Gasteiger charge is 2.44. The smallest absolute Gasteiger partial charge is 0.319 e. The van der Waals surface area contributed by atoms with Crippen molar-refractivity contribution < 1.29 is 27.8 Å². The van der Waals surface area contributed by atoms with Gasteiger partial charge in [0.1, 0.15) is 29.5 Å². The average Bonchev–Trinajstić information content (AvgIpc) is 3.67. The summed E-state index contributed by atoms with van der Waals surface area (Å²) in [4.78, 5) is 33.0. The second-order valence-corrected chi connectivity index (χ2v) is 14.1. The maximum absolute atomic E-state index is 17.0. The van der Waals surface area contributed by atoms with E-state index in [9.17, 15) is 14.3 Å². The van der Waals surface area contributed by atoms with Crippen LogP contribution in [0.4, 0.5) is 19.0 Å².